The molecule has 4 heteroatoms. The molecule has 1 aliphatic carbocycles. The molecule has 0 unspecified atom stereocenters. The van der Waals surface area contributed by atoms with E-state index in [0.29, 0.717) is 5.92 Å². The molecule has 2 N–H and O–H groups in total. The topological polar surface area (TPSA) is 49.3 Å². The summed E-state index contributed by atoms with van der Waals surface area (Å²) in [4.78, 5) is 13.1. The molecule has 1 aromatic rings. The Labute approximate surface area is 130 Å². The van der Waals surface area contributed by atoms with Gasteiger partial charge in [0.1, 0.15) is 0 Å². The second kappa shape index (κ2) is 8.25. The van der Waals surface area contributed by atoms with Gasteiger partial charge in [-0.05, 0) is 61.6 Å². The third-order valence-electron chi connectivity index (χ3n) is 3.99. The minimum atomic E-state index is -0.0311. The van der Waals surface area contributed by atoms with Gasteiger partial charge in [0.25, 0.3) is 0 Å². The predicted molar refractivity (Wildman–Crippen MR) is 88.2 cm³/mol. The predicted octanol–water partition coefficient (Wildman–Crippen LogP) is 3.09. The van der Waals surface area contributed by atoms with Crippen molar-refractivity contribution in [2.75, 3.05) is 12.9 Å². The number of thioether (sulfide) groups is 1. The van der Waals surface area contributed by atoms with Crippen LogP contribution in [0, 0.1) is 5.92 Å². The monoisotopic (exact) mass is 305 g/mol. The maximum atomic E-state index is 11.9. The van der Waals surface area contributed by atoms with E-state index in [4.69, 9.17) is 5.11 Å². The summed E-state index contributed by atoms with van der Waals surface area (Å²) in [5.41, 5.74) is 1.03. The number of nitrogens with one attached hydrogen (secondary N) is 1. The third-order valence-corrected chi connectivity index (χ3v) is 4.74. The van der Waals surface area contributed by atoms with E-state index in [-0.39, 0.29) is 18.6 Å². The number of aliphatic hydroxyl groups is 1. The second-order valence-electron chi connectivity index (χ2n) is 5.52. The summed E-state index contributed by atoms with van der Waals surface area (Å²) in [6, 6.07) is 8.39. The van der Waals surface area contributed by atoms with Gasteiger partial charge in [-0.2, -0.15) is 0 Å². The molecule has 21 heavy (non-hydrogen) atoms. The standard InChI is InChI=1S/C17H23NO2S/c1-21-16-9-4-13(5-10-16)6-11-17(20)18-15-7-2-14(12-19)3-8-15/h4-6,9-11,14-15,19H,2-3,7-8,12H2,1H3,(H,18,20)/b11-6+. The Hall–Kier alpha value is -1.26. The van der Waals surface area contributed by atoms with E-state index in [2.05, 4.69) is 17.4 Å². The van der Waals surface area contributed by atoms with Crippen molar-refractivity contribution >= 4 is 23.7 Å². The molecule has 1 fully saturated rings. The Morgan fingerprint density at radius 1 is 1.29 bits per heavy atom. The van der Waals surface area contributed by atoms with Crippen LogP contribution in [-0.4, -0.2) is 29.9 Å². The Kier molecular flexibility index (Phi) is 6.33. The van der Waals surface area contributed by atoms with E-state index in [1.54, 1.807) is 17.8 Å². The van der Waals surface area contributed by atoms with Gasteiger partial charge in [0, 0.05) is 23.6 Å². The molecule has 1 aliphatic rings. The molecular weight excluding hydrogens is 282 g/mol. The SMILES string of the molecule is CSc1ccc(/C=C/C(=O)NC2CCC(CO)CC2)cc1. The van der Waals surface area contributed by atoms with Gasteiger partial charge in [0.2, 0.25) is 5.91 Å². The van der Waals surface area contributed by atoms with Gasteiger partial charge in [-0.1, -0.05) is 12.1 Å². The minimum Gasteiger partial charge on any atom is -0.396 e. The molecule has 1 amide bonds. The van der Waals surface area contributed by atoms with Crippen molar-refractivity contribution < 1.29 is 9.90 Å². The number of benzene rings is 1. The van der Waals surface area contributed by atoms with Gasteiger partial charge in [-0.15, -0.1) is 11.8 Å². The average Bonchev–Trinajstić information content (AvgIpc) is 2.54. The Morgan fingerprint density at radius 3 is 2.52 bits per heavy atom. The number of carbonyl (C=O) groups is 1. The van der Waals surface area contributed by atoms with Crippen LogP contribution in [0.3, 0.4) is 0 Å². The van der Waals surface area contributed by atoms with Crippen molar-refractivity contribution in [3.63, 3.8) is 0 Å². The molecule has 0 aromatic heterocycles. The zero-order valence-corrected chi connectivity index (χ0v) is 13.2. The maximum Gasteiger partial charge on any atom is 0.244 e. The van der Waals surface area contributed by atoms with Gasteiger partial charge in [0.15, 0.2) is 0 Å². The van der Waals surface area contributed by atoms with Gasteiger partial charge < -0.3 is 10.4 Å². The number of aliphatic hydroxyl groups excluding tert-OH is 1. The summed E-state index contributed by atoms with van der Waals surface area (Å²) < 4.78 is 0. The molecule has 0 atom stereocenters. The molecule has 1 saturated carbocycles. The number of amides is 1. The summed E-state index contributed by atoms with van der Waals surface area (Å²) >= 11 is 1.71. The van der Waals surface area contributed by atoms with E-state index >= 15 is 0 Å². The van der Waals surface area contributed by atoms with Crippen LogP contribution in [0.4, 0.5) is 0 Å². The zero-order valence-electron chi connectivity index (χ0n) is 12.4. The lowest BCUT2D eigenvalue weighted by Crippen LogP contribution is -2.37. The average molecular weight is 305 g/mol. The smallest absolute Gasteiger partial charge is 0.244 e. The van der Waals surface area contributed by atoms with E-state index in [1.807, 2.05) is 24.5 Å². The molecule has 2 rings (SSSR count). The summed E-state index contributed by atoms with van der Waals surface area (Å²) in [5.74, 6) is 0.389. The summed E-state index contributed by atoms with van der Waals surface area (Å²) in [6.45, 7) is 0.270. The second-order valence-corrected chi connectivity index (χ2v) is 6.39. The molecule has 0 aliphatic heterocycles. The van der Waals surface area contributed by atoms with E-state index in [0.717, 1.165) is 31.2 Å². The van der Waals surface area contributed by atoms with Crippen LogP contribution >= 0.6 is 11.8 Å². The first-order valence-corrected chi connectivity index (χ1v) is 8.67. The Morgan fingerprint density at radius 2 is 1.95 bits per heavy atom. The lowest BCUT2D eigenvalue weighted by molar-refractivity contribution is -0.117. The maximum absolute atomic E-state index is 11.9. The largest absolute Gasteiger partial charge is 0.396 e. The molecule has 0 heterocycles. The number of rotatable bonds is 5. The van der Waals surface area contributed by atoms with Crippen molar-refractivity contribution in [3.05, 3.63) is 35.9 Å². The van der Waals surface area contributed by atoms with Crippen LogP contribution in [0.5, 0.6) is 0 Å². The summed E-state index contributed by atoms with van der Waals surface area (Å²) in [5, 5.41) is 12.2. The van der Waals surface area contributed by atoms with Crippen molar-refractivity contribution in [1.82, 2.24) is 5.32 Å². The summed E-state index contributed by atoms with van der Waals surface area (Å²) in [6.07, 6.45) is 9.43. The quantitative estimate of drug-likeness (QED) is 0.649. The van der Waals surface area contributed by atoms with Crippen molar-refractivity contribution in [2.45, 2.75) is 36.6 Å². The van der Waals surface area contributed by atoms with E-state index in [1.165, 1.54) is 4.90 Å². The first kappa shape index (κ1) is 16.1. The van der Waals surface area contributed by atoms with Crippen LogP contribution in [0.2, 0.25) is 0 Å². The highest BCUT2D eigenvalue weighted by atomic mass is 32.2. The van der Waals surface area contributed by atoms with Gasteiger partial charge >= 0.3 is 0 Å². The van der Waals surface area contributed by atoms with Gasteiger partial charge in [0.05, 0.1) is 0 Å². The van der Waals surface area contributed by atoms with Gasteiger partial charge in [-0.25, -0.2) is 0 Å². The molecule has 1 aromatic carbocycles. The lowest BCUT2D eigenvalue weighted by Gasteiger charge is -2.27. The van der Waals surface area contributed by atoms with Crippen molar-refractivity contribution in [2.24, 2.45) is 5.92 Å². The molecule has 0 spiro atoms. The van der Waals surface area contributed by atoms with Crippen LogP contribution in [0.15, 0.2) is 35.2 Å². The summed E-state index contributed by atoms with van der Waals surface area (Å²) in [7, 11) is 0. The molecular formula is C17H23NO2S. The van der Waals surface area contributed by atoms with Gasteiger partial charge in [-0.3, -0.25) is 4.79 Å². The lowest BCUT2D eigenvalue weighted by atomic mass is 9.86. The fraction of sp³-hybridized carbons (Fsp3) is 0.471. The van der Waals surface area contributed by atoms with E-state index in [9.17, 15) is 4.79 Å². The fourth-order valence-corrected chi connectivity index (χ4v) is 3.03. The third kappa shape index (κ3) is 5.21. The number of hydrogen-bond acceptors (Lipinski definition) is 3. The van der Waals surface area contributed by atoms with Crippen LogP contribution in [0.1, 0.15) is 31.2 Å². The van der Waals surface area contributed by atoms with Crippen LogP contribution in [-0.2, 0) is 4.79 Å². The first-order valence-electron chi connectivity index (χ1n) is 7.44. The number of carbonyl (C=O) groups excluding carboxylic acids is 1. The Bertz CT molecular complexity index is 476. The van der Waals surface area contributed by atoms with Crippen molar-refractivity contribution in [3.8, 4) is 0 Å². The van der Waals surface area contributed by atoms with Crippen molar-refractivity contribution in [1.29, 1.82) is 0 Å². The van der Waals surface area contributed by atoms with Crippen LogP contribution in [0.25, 0.3) is 6.08 Å². The first-order chi connectivity index (χ1) is 10.2. The fourth-order valence-electron chi connectivity index (χ4n) is 2.63. The molecule has 0 bridgehead atoms. The highest BCUT2D eigenvalue weighted by Crippen LogP contribution is 2.23. The molecule has 0 saturated heterocycles. The normalized spacial score (nSPS) is 22.4. The molecule has 114 valence electrons. The highest BCUT2D eigenvalue weighted by Gasteiger charge is 2.21. The number of hydrogen-bond donors (Lipinski definition) is 2. The molecule has 0 radical (unpaired) electrons. The molecule has 3 nitrogen and oxygen atoms in total. The highest BCUT2D eigenvalue weighted by molar-refractivity contribution is 7.98. The Balaban J connectivity index is 1.79. The van der Waals surface area contributed by atoms with E-state index < -0.39 is 0 Å². The zero-order chi connectivity index (χ0) is 15.1. The minimum absolute atomic E-state index is 0.0311. The van der Waals surface area contributed by atoms with Crippen LogP contribution < -0.4 is 5.32 Å².